The van der Waals surface area contributed by atoms with E-state index < -0.39 is 35.7 Å². The first-order valence-electron chi connectivity index (χ1n) is 12.7. The molecular weight excluding hydrogens is 549 g/mol. The molecule has 1 aliphatic heterocycles. The van der Waals surface area contributed by atoms with Gasteiger partial charge in [-0.1, -0.05) is 59.2 Å². The minimum absolute atomic E-state index is 0.0481. The highest BCUT2D eigenvalue weighted by Crippen LogP contribution is 2.43. The van der Waals surface area contributed by atoms with Crippen LogP contribution in [0.3, 0.4) is 0 Å². The van der Waals surface area contributed by atoms with Gasteiger partial charge in [0.05, 0.1) is 6.04 Å². The first kappa shape index (κ1) is 28.1. The Hall–Kier alpha value is -4.43. The first-order chi connectivity index (χ1) is 19.6. The number of carboxylic acid groups (broad SMARTS) is 2. The second-order valence-electron chi connectivity index (χ2n) is 9.62. The van der Waals surface area contributed by atoms with Gasteiger partial charge in [-0.2, -0.15) is 18.2 Å². The van der Waals surface area contributed by atoms with Gasteiger partial charge in [0.15, 0.2) is 0 Å². The van der Waals surface area contributed by atoms with E-state index in [0.29, 0.717) is 22.8 Å². The number of halogens is 3. The third kappa shape index (κ3) is 6.18. The topological polar surface area (TPSA) is 164 Å². The maximum atomic E-state index is 14.0. The summed E-state index contributed by atoms with van der Waals surface area (Å²) in [5.74, 6) is 0.0485. The van der Waals surface area contributed by atoms with Crippen LogP contribution in [0.2, 0.25) is 0 Å². The molecule has 216 valence electrons. The van der Waals surface area contributed by atoms with E-state index in [4.69, 9.17) is 28.8 Å². The van der Waals surface area contributed by atoms with E-state index in [0.717, 1.165) is 6.54 Å². The molecule has 0 saturated heterocycles. The molecule has 0 bridgehead atoms. The normalized spacial score (nSPS) is 18.4. The maximum Gasteiger partial charge on any atom is 0.503 e. The SMILES string of the molecule is O=C(O)O.O[C@H]1c2ccc(-c3noc(-c4onc(-c5ccccc5)c4C(F)(F)F)n3)cc2OC[C@H]1NCC1CCC1. The van der Waals surface area contributed by atoms with Crippen LogP contribution in [0.25, 0.3) is 34.3 Å². The second kappa shape index (κ2) is 11.6. The summed E-state index contributed by atoms with van der Waals surface area (Å²) in [6.45, 7) is 1.13. The molecular formula is C27H25F3N4O7. The highest BCUT2D eigenvalue weighted by Gasteiger charge is 2.43. The number of alkyl halides is 3. The highest BCUT2D eigenvalue weighted by molar-refractivity contribution is 5.71. The van der Waals surface area contributed by atoms with Crippen LogP contribution in [0.1, 0.15) is 36.5 Å². The zero-order valence-corrected chi connectivity index (χ0v) is 21.3. The predicted octanol–water partition coefficient (Wildman–Crippen LogP) is 5.48. The fourth-order valence-electron chi connectivity index (χ4n) is 4.64. The number of aromatic nitrogens is 3. The quantitative estimate of drug-likeness (QED) is 0.230. The maximum absolute atomic E-state index is 14.0. The van der Waals surface area contributed by atoms with E-state index in [1.165, 1.54) is 31.4 Å². The van der Waals surface area contributed by atoms with Crippen LogP contribution in [0.15, 0.2) is 57.6 Å². The molecule has 2 aromatic carbocycles. The number of fused-ring (bicyclic) bond motifs is 1. The van der Waals surface area contributed by atoms with Gasteiger partial charge >= 0.3 is 12.3 Å². The lowest BCUT2D eigenvalue weighted by molar-refractivity contribution is -0.137. The predicted molar refractivity (Wildman–Crippen MR) is 136 cm³/mol. The molecule has 1 fully saturated rings. The lowest BCUT2D eigenvalue weighted by atomic mass is 9.85. The van der Waals surface area contributed by atoms with E-state index in [-0.39, 0.29) is 29.7 Å². The molecule has 2 aromatic heterocycles. The molecule has 0 spiro atoms. The summed E-state index contributed by atoms with van der Waals surface area (Å²) in [6, 6.07) is 12.7. The summed E-state index contributed by atoms with van der Waals surface area (Å²) in [5.41, 5.74) is -0.133. The molecule has 0 amide bonds. The summed E-state index contributed by atoms with van der Waals surface area (Å²) in [7, 11) is 0. The van der Waals surface area contributed by atoms with Crippen molar-refractivity contribution in [2.75, 3.05) is 13.2 Å². The van der Waals surface area contributed by atoms with E-state index in [1.54, 1.807) is 36.4 Å². The standard InChI is InChI=1S/C26H23F3N4O4.CH2O3/c27-26(28,29)20-21(15-7-2-1-3-8-15)32-36-23(20)25-31-24(33-37-25)16-9-10-17-19(11-16)35-13-18(22(17)34)30-12-14-5-4-6-14;2-1(3)4/h1-3,7-11,14,18,22,30,34H,4-6,12-13H2;(H2,2,3,4)/t18-,22+;/m1./s1. The zero-order valence-electron chi connectivity index (χ0n) is 21.3. The van der Waals surface area contributed by atoms with Gasteiger partial charge in [-0.3, -0.25) is 0 Å². The number of carbonyl (C=O) groups is 1. The largest absolute Gasteiger partial charge is 0.503 e. The molecule has 1 aliphatic carbocycles. The molecule has 3 heterocycles. The summed E-state index contributed by atoms with van der Waals surface area (Å²) in [6.07, 6.45) is -3.70. The number of aliphatic hydroxyl groups excluding tert-OH is 1. The molecule has 14 heteroatoms. The second-order valence-corrected chi connectivity index (χ2v) is 9.62. The molecule has 0 radical (unpaired) electrons. The molecule has 41 heavy (non-hydrogen) atoms. The van der Waals surface area contributed by atoms with Crippen LogP contribution in [-0.4, -0.2) is 56.0 Å². The van der Waals surface area contributed by atoms with Gasteiger partial charge < -0.3 is 34.4 Å². The molecule has 4 N–H and O–H groups in total. The average Bonchev–Trinajstić information content (AvgIpc) is 3.57. The molecule has 1 saturated carbocycles. The minimum atomic E-state index is -4.77. The van der Waals surface area contributed by atoms with Crippen molar-refractivity contribution in [3.63, 3.8) is 0 Å². The lowest BCUT2D eigenvalue weighted by Gasteiger charge is -2.34. The van der Waals surface area contributed by atoms with Crippen molar-refractivity contribution in [3.8, 4) is 40.0 Å². The van der Waals surface area contributed by atoms with Crippen LogP contribution in [-0.2, 0) is 6.18 Å². The number of hydrogen-bond acceptors (Lipinski definition) is 9. The zero-order chi connectivity index (χ0) is 29.1. The minimum Gasteiger partial charge on any atom is -0.491 e. The number of hydrogen-bond donors (Lipinski definition) is 4. The third-order valence-electron chi connectivity index (χ3n) is 6.93. The number of rotatable bonds is 6. The van der Waals surface area contributed by atoms with Crippen molar-refractivity contribution >= 4 is 6.16 Å². The number of nitrogens with one attached hydrogen (secondary N) is 1. The fraction of sp³-hybridized carbons (Fsp3) is 0.333. The molecule has 11 nitrogen and oxygen atoms in total. The highest BCUT2D eigenvalue weighted by atomic mass is 19.4. The van der Waals surface area contributed by atoms with Crippen LogP contribution < -0.4 is 10.1 Å². The molecule has 4 aromatic rings. The van der Waals surface area contributed by atoms with E-state index in [2.05, 4.69) is 20.6 Å². The van der Waals surface area contributed by atoms with Crippen LogP contribution in [0.4, 0.5) is 18.0 Å². The number of benzene rings is 2. The number of ether oxygens (including phenoxy) is 1. The molecule has 6 rings (SSSR count). The van der Waals surface area contributed by atoms with Crippen molar-refractivity contribution in [3.05, 3.63) is 59.7 Å². The van der Waals surface area contributed by atoms with E-state index in [1.807, 2.05) is 0 Å². The third-order valence-corrected chi connectivity index (χ3v) is 6.93. The summed E-state index contributed by atoms with van der Waals surface area (Å²) in [4.78, 5) is 12.7. The van der Waals surface area contributed by atoms with Gasteiger partial charge in [0.2, 0.25) is 11.6 Å². The first-order valence-corrected chi connectivity index (χ1v) is 12.7. The Morgan fingerprint density at radius 1 is 1.02 bits per heavy atom. The van der Waals surface area contributed by atoms with Gasteiger partial charge in [0.25, 0.3) is 5.89 Å². The number of nitrogens with zero attached hydrogens (tertiary/aromatic N) is 3. The monoisotopic (exact) mass is 574 g/mol. The van der Waals surface area contributed by atoms with E-state index >= 15 is 0 Å². The Labute approximate surface area is 230 Å². The molecule has 2 aliphatic rings. The van der Waals surface area contributed by atoms with Crippen molar-refractivity contribution in [1.29, 1.82) is 0 Å². The van der Waals surface area contributed by atoms with Crippen LogP contribution in [0, 0.1) is 5.92 Å². The Balaban J connectivity index is 0.000000794. The van der Waals surface area contributed by atoms with Gasteiger partial charge in [0, 0.05) is 16.7 Å². The van der Waals surface area contributed by atoms with Gasteiger partial charge in [-0.15, -0.1) is 0 Å². The Morgan fingerprint density at radius 2 is 1.76 bits per heavy atom. The fourth-order valence-corrected chi connectivity index (χ4v) is 4.64. The summed E-state index contributed by atoms with van der Waals surface area (Å²) >= 11 is 0. The van der Waals surface area contributed by atoms with Crippen molar-refractivity contribution < 1.29 is 47.1 Å². The smallest absolute Gasteiger partial charge is 0.491 e. The van der Waals surface area contributed by atoms with Gasteiger partial charge in [-0.05, 0) is 31.4 Å². The van der Waals surface area contributed by atoms with Crippen molar-refractivity contribution in [2.24, 2.45) is 5.92 Å². The molecule has 2 atom stereocenters. The van der Waals surface area contributed by atoms with Gasteiger partial charge in [-0.25, -0.2) is 4.79 Å². The Morgan fingerprint density at radius 3 is 2.41 bits per heavy atom. The summed E-state index contributed by atoms with van der Waals surface area (Å²) in [5, 5.41) is 35.6. The van der Waals surface area contributed by atoms with Crippen molar-refractivity contribution in [2.45, 2.75) is 37.6 Å². The molecule has 0 unspecified atom stereocenters. The summed E-state index contributed by atoms with van der Waals surface area (Å²) < 4.78 is 58.0. The average molecular weight is 575 g/mol. The number of aliphatic hydroxyl groups is 1. The van der Waals surface area contributed by atoms with Crippen LogP contribution in [0.5, 0.6) is 5.75 Å². The Bertz CT molecular complexity index is 1500. The van der Waals surface area contributed by atoms with E-state index in [9.17, 15) is 18.3 Å². The van der Waals surface area contributed by atoms with Crippen molar-refractivity contribution in [1.82, 2.24) is 20.6 Å². The van der Waals surface area contributed by atoms with Gasteiger partial charge in [0.1, 0.15) is 29.7 Å². The lowest BCUT2D eigenvalue weighted by Crippen LogP contribution is -2.45. The Kier molecular flexibility index (Phi) is 7.94. The van der Waals surface area contributed by atoms with Crippen LogP contribution >= 0.6 is 0 Å².